The van der Waals surface area contributed by atoms with Crippen LogP contribution in [0.2, 0.25) is 0 Å². The smallest absolute Gasteiger partial charge is 0.0356 e. The lowest BCUT2D eigenvalue weighted by atomic mass is 10.3. The van der Waals surface area contributed by atoms with Gasteiger partial charge in [0.25, 0.3) is 0 Å². The molecule has 0 aromatic heterocycles. The monoisotopic (exact) mass is 87.1 g/mol. The molecule has 0 aromatic rings. The molecule has 0 amide bonds. The van der Waals surface area contributed by atoms with E-state index >= 15 is 0 Å². The van der Waals surface area contributed by atoms with Crippen molar-refractivity contribution in [1.29, 1.82) is 0 Å². The maximum Gasteiger partial charge on any atom is -0.0356 e. The molecule has 3 N–H and O–H groups in total. The molecule has 0 aliphatic carbocycles. The Hall–Kier alpha value is -0.300. The topological polar surface area (TPSA) is 35.0 Å². The minimum atomic E-state index is 0. The summed E-state index contributed by atoms with van der Waals surface area (Å²) in [6.45, 7) is 5.69. The molecule has 0 heterocycles. The molecule has 0 spiro atoms. The van der Waals surface area contributed by atoms with Gasteiger partial charge in [-0.1, -0.05) is 19.4 Å². The molecule has 0 rings (SSSR count). The molecular weight excluding hydrogens is 74.1 g/mol. The maximum absolute atomic E-state index is 3.55. The van der Waals surface area contributed by atoms with E-state index < -0.39 is 0 Å². The third-order valence-corrected chi connectivity index (χ3v) is 0.493. The van der Waals surface area contributed by atoms with E-state index in [0.717, 1.165) is 6.42 Å². The second-order valence-electron chi connectivity index (χ2n) is 1.08. The van der Waals surface area contributed by atoms with Crippen LogP contribution in [0.3, 0.4) is 0 Å². The Morgan fingerprint density at radius 3 is 2.17 bits per heavy atom. The minimum Gasteiger partial charge on any atom is -0.344 e. The fourth-order valence-corrected chi connectivity index (χ4v) is 0.204. The Bertz CT molecular complexity index is 25.1. The van der Waals surface area contributed by atoms with Crippen LogP contribution >= 0.6 is 0 Å². The van der Waals surface area contributed by atoms with Gasteiger partial charge in [0.15, 0.2) is 0 Å². The molecule has 0 unspecified atom stereocenters. The Labute approximate surface area is 39.6 Å². The van der Waals surface area contributed by atoms with Gasteiger partial charge in [-0.25, -0.2) is 0 Å². The van der Waals surface area contributed by atoms with E-state index in [1.165, 1.54) is 6.42 Å². The van der Waals surface area contributed by atoms with Gasteiger partial charge < -0.3 is 6.15 Å². The van der Waals surface area contributed by atoms with Crippen molar-refractivity contribution < 1.29 is 0 Å². The van der Waals surface area contributed by atoms with Gasteiger partial charge in [-0.3, -0.25) is 0 Å². The summed E-state index contributed by atoms with van der Waals surface area (Å²) >= 11 is 0. The maximum atomic E-state index is 3.55. The second kappa shape index (κ2) is 8.83. The zero-order valence-electron chi connectivity index (χ0n) is 4.41. The Balaban J connectivity index is 0. The van der Waals surface area contributed by atoms with Gasteiger partial charge in [0.2, 0.25) is 0 Å². The van der Waals surface area contributed by atoms with Crippen molar-refractivity contribution in [2.45, 2.75) is 19.8 Å². The van der Waals surface area contributed by atoms with E-state index in [1.807, 2.05) is 6.08 Å². The third-order valence-electron chi connectivity index (χ3n) is 0.493. The summed E-state index contributed by atoms with van der Waals surface area (Å²) in [7, 11) is 0. The Kier molecular flexibility index (Phi) is 13.5. The summed E-state index contributed by atoms with van der Waals surface area (Å²) in [6.07, 6.45) is 4.31. The summed E-state index contributed by atoms with van der Waals surface area (Å²) in [6, 6.07) is 0. The van der Waals surface area contributed by atoms with Gasteiger partial charge in [-0.2, -0.15) is 0 Å². The number of allylic oxidation sites excluding steroid dienone is 1. The first-order chi connectivity index (χ1) is 2.41. The minimum absolute atomic E-state index is 0. The molecule has 1 heteroatoms. The van der Waals surface area contributed by atoms with Crippen LogP contribution in [0, 0.1) is 0 Å². The predicted octanol–water partition coefficient (Wildman–Crippen LogP) is 2.13. The van der Waals surface area contributed by atoms with E-state index in [1.54, 1.807) is 0 Å². The normalized spacial score (nSPS) is 6.17. The second-order valence-corrected chi connectivity index (χ2v) is 1.08. The molecule has 0 atom stereocenters. The number of hydrogen-bond donors (Lipinski definition) is 1. The molecule has 0 aliphatic rings. The highest BCUT2D eigenvalue weighted by atomic mass is 14.0. The fourth-order valence-electron chi connectivity index (χ4n) is 0.204. The van der Waals surface area contributed by atoms with Gasteiger partial charge in [-0.05, 0) is 6.42 Å². The van der Waals surface area contributed by atoms with Crippen LogP contribution in [-0.2, 0) is 0 Å². The predicted molar refractivity (Wildman–Crippen MR) is 30.1 cm³/mol. The third kappa shape index (κ3) is 9.33. The first-order valence-electron chi connectivity index (χ1n) is 2.02. The first-order valence-corrected chi connectivity index (χ1v) is 2.02. The van der Waals surface area contributed by atoms with E-state index in [4.69, 9.17) is 0 Å². The first kappa shape index (κ1) is 9.20. The summed E-state index contributed by atoms with van der Waals surface area (Å²) in [5.41, 5.74) is 0. The van der Waals surface area contributed by atoms with Crippen molar-refractivity contribution in [2.24, 2.45) is 0 Å². The average molecular weight is 87.2 g/mol. The van der Waals surface area contributed by atoms with Crippen LogP contribution in [0.1, 0.15) is 19.8 Å². The van der Waals surface area contributed by atoms with Crippen LogP contribution in [0.4, 0.5) is 0 Å². The molecular formula is C5H13N. The van der Waals surface area contributed by atoms with Crippen molar-refractivity contribution in [3.05, 3.63) is 12.7 Å². The average Bonchev–Trinajstić information content (AvgIpc) is 1.41. The summed E-state index contributed by atoms with van der Waals surface area (Å²) in [5, 5.41) is 0. The molecule has 0 aromatic carbocycles. The van der Waals surface area contributed by atoms with E-state index in [0.29, 0.717) is 0 Å². The zero-order chi connectivity index (χ0) is 4.12. The van der Waals surface area contributed by atoms with Crippen LogP contribution < -0.4 is 6.15 Å². The lowest BCUT2D eigenvalue weighted by molar-refractivity contribution is 0.961. The summed E-state index contributed by atoms with van der Waals surface area (Å²) < 4.78 is 0. The Morgan fingerprint density at radius 1 is 1.67 bits per heavy atom. The van der Waals surface area contributed by atoms with Crippen molar-refractivity contribution in [2.75, 3.05) is 0 Å². The van der Waals surface area contributed by atoms with E-state index in [9.17, 15) is 0 Å². The number of rotatable bonds is 2. The number of hydrogen-bond acceptors (Lipinski definition) is 1. The van der Waals surface area contributed by atoms with Crippen LogP contribution in [0.15, 0.2) is 12.7 Å². The van der Waals surface area contributed by atoms with Crippen LogP contribution in [-0.4, -0.2) is 0 Å². The van der Waals surface area contributed by atoms with Crippen molar-refractivity contribution >= 4 is 0 Å². The quantitative estimate of drug-likeness (QED) is 0.514. The highest BCUT2D eigenvalue weighted by Crippen LogP contribution is 1.82. The molecule has 0 aliphatic heterocycles. The van der Waals surface area contributed by atoms with Gasteiger partial charge in [0.1, 0.15) is 0 Å². The van der Waals surface area contributed by atoms with Crippen LogP contribution in [0.25, 0.3) is 0 Å². The van der Waals surface area contributed by atoms with Gasteiger partial charge in [0, 0.05) is 0 Å². The summed E-state index contributed by atoms with van der Waals surface area (Å²) in [5.74, 6) is 0. The highest BCUT2D eigenvalue weighted by molar-refractivity contribution is 4.63. The van der Waals surface area contributed by atoms with Crippen molar-refractivity contribution in [3.8, 4) is 0 Å². The van der Waals surface area contributed by atoms with Crippen molar-refractivity contribution in [3.63, 3.8) is 0 Å². The van der Waals surface area contributed by atoms with Crippen LogP contribution in [0.5, 0.6) is 0 Å². The van der Waals surface area contributed by atoms with E-state index in [-0.39, 0.29) is 6.15 Å². The fraction of sp³-hybridized carbons (Fsp3) is 0.600. The molecule has 0 fully saturated rings. The highest BCUT2D eigenvalue weighted by Gasteiger charge is 1.61. The Morgan fingerprint density at radius 2 is 2.17 bits per heavy atom. The van der Waals surface area contributed by atoms with Gasteiger partial charge in [-0.15, -0.1) is 6.58 Å². The number of unbranched alkanes of at least 4 members (excludes halogenated alkanes) is 1. The molecule has 1 nitrogen and oxygen atoms in total. The molecule has 0 saturated carbocycles. The molecule has 38 valence electrons. The molecule has 6 heavy (non-hydrogen) atoms. The summed E-state index contributed by atoms with van der Waals surface area (Å²) in [4.78, 5) is 0. The standard InChI is InChI=1S/C5H10.H3N/c1-3-5-4-2;/h3H,1,4-5H2,2H3;1H3. The molecule has 0 saturated heterocycles. The lowest BCUT2D eigenvalue weighted by Gasteiger charge is -1.72. The zero-order valence-corrected chi connectivity index (χ0v) is 4.41. The largest absolute Gasteiger partial charge is 0.344 e. The lowest BCUT2D eigenvalue weighted by Crippen LogP contribution is -1.52. The van der Waals surface area contributed by atoms with Gasteiger partial charge in [0.05, 0.1) is 0 Å². The van der Waals surface area contributed by atoms with Gasteiger partial charge >= 0.3 is 0 Å². The SMILES string of the molecule is C=CCCC.N. The van der Waals surface area contributed by atoms with Crippen molar-refractivity contribution in [1.82, 2.24) is 6.15 Å². The molecule has 0 radical (unpaired) electrons. The van der Waals surface area contributed by atoms with E-state index in [2.05, 4.69) is 13.5 Å². The molecule has 0 bridgehead atoms.